The van der Waals surface area contributed by atoms with Crippen LogP contribution in [0.1, 0.15) is 19.8 Å². The second-order valence-corrected chi connectivity index (χ2v) is 4.44. The number of nitrogens with zero attached hydrogens (tertiary/aromatic N) is 1. The minimum atomic E-state index is -4.62. The van der Waals surface area contributed by atoms with Crippen LogP contribution in [0.3, 0.4) is 0 Å². The maximum atomic E-state index is 12.2. The van der Waals surface area contributed by atoms with Gasteiger partial charge in [0.05, 0.1) is 0 Å². The molecule has 0 heterocycles. The highest BCUT2D eigenvalue weighted by Crippen LogP contribution is 2.32. The molecule has 0 saturated heterocycles. The Bertz CT molecular complexity index is 329. The van der Waals surface area contributed by atoms with E-state index in [2.05, 4.69) is 5.32 Å². The van der Waals surface area contributed by atoms with Gasteiger partial charge in [-0.05, 0) is 25.7 Å². The highest BCUT2D eigenvalue weighted by atomic mass is 19.4. The van der Waals surface area contributed by atoms with Crippen molar-refractivity contribution >= 4 is 12.0 Å². The van der Waals surface area contributed by atoms with E-state index in [1.807, 2.05) is 0 Å². The Kier molecular flexibility index (Phi) is 4.42. The van der Waals surface area contributed by atoms with Crippen LogP contribution in [0.15, 0.2) is 0 Å². The first-order valence-corrected chi connectivity index (χ1v) is 5.53. The zero-order valence-electron chi connectivity index (χ0n) is 9.83. The molecule has 1 aliphatic rings. The highest BCUT2D eigenvalue weighted by Gasteiger charge is 2.36. The van der Waals surface area contributed by atoms with Gasteiger partial charge in [0.25, 0.3) is 0 Å². The number of halogens is 3. The molecule has 1 rings (SSSR count). The molecule has 0 radical (unpaired) electrons. The van der Waals surface area contributed by atoms with Gasteiger partial charge in [-0.2, -0.15) is 13.2 Å². The summed E-state index contributed by atoms with van der Waals surface area (Å²) in [7, 11) is 0. The summed E-state index contributed by atoms with van der Waals surface area (Å²) in [6.45, 7) is -0.840. The molecule has 18 heavy (non-hydrogen) atoms. The van der Waals surface area contributed by atoms with Crippen molar-refractivity contribution in [3.8, 4) is 0 Å². The van der Waals surface area contributed by atoms with Gasteiger partial charge in [0.2, 0.25) is 0 Å². The first-order chi connectivity index (χ1) is 8.19. The topological polar surface area (TPSA) is 69.6 Å². The molecule has 1 aliphatic carbocycles. The standard InChI is InChI=1S/C10H15F3N2O3/c1-6(7-2-3-7)14-9(18)15(4-8(16)17)5-10(11,12)13/h6-7H,2-5H2,1H3,(H,14,18)(H,16,17). The molecule has 0 spiro atoms. The predicted octanol–water partition coefficient (Wildman–Crippen LogP) is 1.44. The predicted molar refractivity (Wildman–Crippen MR) is 56.0 cm³/mol. The van der Waals surface area contributed by atoms with Crippen molar-refractivity contribution in [3.05, 3.63) is 0 Å². The van der Waals surface area contributed by atoms with E-state index in [0.717, 1.165) is 12.8 Å². The van der Waals surface area contributed by atoms with Crippen molar-refractivity contribution in [2.24, 2.45) is 5.92 Å². The Balaban J connectivity index is 2.56. The highest BCUT2D eigenvalue weighted by molar-refractivity contribution is 5.80. The van der Waals surface area contributed by atoms with E-state index in [0.29, 0.717) is 0 Å². The molecule has 5 nitrogen and oxygen atoms in total. The van der Waals surface area contributed by atoms with E-state index >= 15 is 0 Å². The SMILES string of the molecule is CC(NC(=O)N(CC(=O)O)CC(F)(F)F)C1CC1. The number of rotatable bonds is 5. The molecule has 0 aliphatic heterocycles. The Morgan fingerprint density at radius 2 is 2.00 bits per heavy atom. The third-order valence-corrected chi connectivity index (χ3v) is 2.66. The summed E-state index contributed by atoms with van der Waals surface area (Å²) < 4.78 is 36.6. The fourth-order valence-corrected chi connectivity index (χ4v) is 1.58. The van der Waals surface area contributed by atoms with E-state index in [1.165, 1.54) is 0 Å². The summed E-state index contributed by atoms with van der Waals surface area (Å²) in [5, 5.41) is 10.9. The van der Waals surface area contributed by atoms with Crippen LogP contribution in [0, 0.1) is 5.92 Å². The molecule has 2 amide bonds. The summed E-state index contributed by atoms with van der Waals surface area (Å²) >= 11 is 0. The van der Waals surface area contributed by atoms with Crippen LogP contribution < -0.4 is 5.32 Å². The van der Waals surface area contributed by atoms with E-state index in [4.69, 9.17) is 5.11 Å². The number of nitrogens with one attached hydrogen (secondary N) is 1. The van der Waals surface area contributed by atoms with Gasteiger partial charge in [0.15, 0.2) is 0 Å². The molecular formula is C10H15F3N2O3. The van der Waals surface area contributed by atoms with Gasteiger partial charge in [-0.15, -0.1) is 0 Å². The van der Waals surface area contributed by atoms with Crippen LogP contribution in [0.25, 0.3) is 0 Å². The Morgan fingerprint density at radius 3 is 2.39 bits per heavy atom. The van der Waals surface area contributed by atoms with Crippen molar-refractivity contribution in [2.75, 3.05) is 13.1 Å². The summed E-state index contributed by atoms with van der Waals surface area (Å²) in [6, 6.07) is -1.23. The van der Waals surface area contributed by atoms with Crippen LogP contribution in [0.2, 0.25) is 0 Å². The molecule has 0 aromatic rings. The zero-order chi connectivity index (χ0) is 13.9. The van der Waals surface area contributed by atoms with Gasteiger partial charge in [-0.1, -0.05) is 0 Å². The van der Waals surface area contributed by atoms with E-state index < -0.39 is 31.3 Å². The quantitative estimate of drug-likeness (QED) is 0.792. The average molecular weight is 268 g/mol. The van der Waals surface area contributed by atoms with Gasteiger partial charge in [-0.25, -0.2) is 4.79 Å². The molecule has 1 unspecified atom stereocenters. The number of aliphatic carboxylic acids is 1. The third kappa shape index (κ3) is 5.24. The number of hydrogen-bond donors (Lipinski definition) is 2. The number of carboxylic acids is 1. The van der Waals surface area contributed by atoms with Crippen molar-refractivity contribution < 1.29 is 27.9 Å². The maximum absolute atomic E-state index is 12.2. The second-order valence-electron chi connectivity index (χ2n) is 4.44. The van der Waals surface area contributed by atoms with E-state index in [9.17, 15) is 22.8 Å². The van der Waals surface area contributed by atoms with Crippen LogP contribution in [0.4, 0.5) is 18.0 Å². The Hall–Kier alpha value is -1.47. The molecular weight excluding hydrogens is 253 g/mol. The number of carbonyl (C=O) groups excluding carboxylic acids is 1. The normalized spacial score (nSPS) is 17.1. The van der Waals surface area contributed by atoms with Gasteiger partial charge in [0, 0.05) is 6.04 Å². The first kappa shape index (κ1) is 14.6. The maximum Gasteiger partial charge on any atom is 0.406 e. The molecule has 1 atom stereocenters. The first-order valence-electron chi connectivity index (χ1n) is 5.53. The van der Waals surface area contributed by atoms with E-state index in [-0.39, 0.29) is 16.9 Å². The van der Waals surface area contributed by atoms with Crippen molar-refractivity contribution in [3.63, 3.8) is 0 Å². The number of urea groups is 1. The number of carbonyl (C=O) groups is 2. The third-order valence-electron chi connectivity index (χ3n) is 2.66. The largest absolute Gasteiger partial charge is 0.480 e. The summed E-state index contributed by atoms with van der Waals surface area (Å²) in [5.74, 6) is -1.19. The lowest BCUT2D eigenvalue weighted by molar-refractivity contribution is -0.149. The molecule has 0 aromatic heterocycles. The van der Waals surface area contributed by atoms with Crippen LogP contribution in [-0.4, -0.2) is 47.3 Å². The monoisotopic (exact) mass is 268 g/mol. The van der Waals surface area contributed by atoms with Gasteiger partial charge >= 0.3 is 18.2 Å². The zero-order valence-corrected chi connectivity index (χ0v) is 9.83. The van der Waals surface area contributed by atoms with Crippen LogP contribution in [-0.2, 0) is 4.79 Å². The van der Waals surface area contributed by atoms with Crippen molar-refractivity contribution in [1.82, 2.24) is 10.2 Å². The Labute approximate surface area is 102 Å². The van der Waals surface area contributed by atoms with Gasteiger partial charge < -0.3 is 15.3 Å². The van der Waals surface area contributed by atoms with Crippen LogP contribution >= 0.6 is 0 Å². The lowest BCUT2D eigenvalue weighted by Crippen LogP contribution is -2.49. The second kappa shape index (κ2) is 5.45. The summed E-state index contributed by atoms with van der Waals surface area (Å²) in [6.07, 6.45) is -2.76. The smallest absolute Gasteiger partial charge is 0.406 e. The molecule has 2 N–H and O–H groups in total. The fourth-order valence-electron chi connectivity index (χ4n) is 1.58. The number of amides is 2. The average Bonchev–Trinajstić information content (AvgIpc) is 2.95. The molecule has 104 valence electrons. The molecule has 1 fully saturated rings. The van der Waals surface area contributed by atoms with Gasteiger partial charge in [-0.3, -0.25) is 4.79 Å². The van der Waals surface area contributed by atoms with Crippen molar-refractivity contribution in [2.45, 2.75) is 32.0 Å². The minimum Gasteiger partial charge on any atom is -0.480 e. The van der Waals surface area contributed by atoms with Gasteiger partial charge in [0.1, 0.15) is 13.1 Å². The molecule has 1 saturated carbocycles. The lowest BCUT2D eigenvalue weighted by atomic mass is 10.2. The molecule has 0 bridgehead atoms. The number of hydrogen-bond acceptors (Lipinski definition) is 2. The lowest BCUT2D eigenvalue weighted by Gasteiger charge is -2.24. The van der Waals surface area contributed by atoms with E-state index in [1.54, 1.807) is 6.92 Å². The summed E-state index contributed by atoms with van der Waals surface area (Å²) in [5.41, 5.74) is 0. The number of carboxylic acid groups (broad SMARTS) is 1. The molecule has 8 heteroatoms. The fraction of sp³-hybridized carbons (Fsp3) is 0.800. The molecule has 0 aromatic carbocycles. The minimum absolute atomic E-state index is 0.234. The number of alkyl halides is 3. The summed E-state index contributed by atoms with van der Waals surface area (Å²) in [4.78, 5) is 22.2. The van der Waals surface area contributed by atoms with Crippen LogP contribution in [0.5, 0.6) is 0 Å². The van der Waals surface area contributed by atoms with Crippen molar-refractivity contribution in [1.29, 1.82) is 0 Å². The Morgan fingerprint density at radius 1 is 1.44 bits per heavy atom.